The third-order valence-electron chi connectivity index (χ3n) is 2.65. The van der Waals surface area contributed by atoms with E-state index < -0.39 is 0 Å². The second kappa shape index (κ2) is 4.15. The number of nitrogens with two attached hydrogens (primary N) is 1. The SMILES string of the molecule is Nc1cccc(-c2nc3cc(Cl)ccc3s2)c1O. The van der Waals surface area contributed by atoms with Crippen molar-refractivity contribution in [3.05, 3.63) is 41.4 Å². The topological polar surface area (TPSA) is 59.1 Å². The fraction of sp³-hybridized carbons (Fsp3) is 0. The molecule has 0 unspecified atom stereocenters. The molecule has 1 aromatic heterocycles. The summed E-state index contributed by atoms with van der Waals surface area (Å²) in [4.78, 5) is 4.46. The van der Waals surface area contributed by atoms with E-state index in [-0.39, 0.29) is 5.75 Å². The number of hydrogen-bond acceptors (Lipinski definition) is 4. The molecule has 3 rings (SSSR count). The fourth-order valence-corrected chi connectivity index (χ4v) is 2.89. The number of thiazole rings is 1. The maximum Gasteiger partial charge on any atom is 0.148 e. The number of anilines is 1. The van der Waals surface area contributed by atoms with Gasteiger partial charge in [0, 0.05) is 5.02 Å². The molecular weight excluding hydrogens is 268 g/mol. The van der Waals surface area contributed by atoms with Crippen LogP contribution >= 0.6 is 22.9 Å². The second-order valence-corrected chi connectivity index (χ2v) is 5.34. The molecule has 0 aliphatic rings. The summed E-state index contributed by atoms with van der Waals surface area (Å²) in [5.41, 5.74) is 7.50. The lowest BCUT2D eigenvalue weighted by atomic mass is 10.2. The number of phenols is 1. The highest BCUT2D eigenvalue weighted by molar-refractivity contribution is 7.21. The number of benzene rings is 2. The lowest BCUT2D eigenvalue weighted by molar-refractivity contribution is 0.480. The van der Waals surface area contributed by atoms with Gasteiger partial charge in [-0.2, -0.15) is 0 Å². The molecule has 0 spiro atoms. The number of phenolic OH excluding ortho intramolecular Hbond substituents is 1. The zero-order valence-corrected chi connectivity index (χ0v) is 10.8. The van der Waals surface area contributed by atoms with Gasteiger partial charge in [0.25, 0.3) is 0 Å². The number of rotatable bonds is 1. The van der Waals surface area contributed by atoms with Crippen LogP contribution in [0.5, 0.6) is 5.75 Å². The van der Waals surface area contributed by atoms with Crippen LogP contribution in [0.3, 0.4) is 0 Å². The van der Waals surface area contributed by atoms with Crippen LogP contribution in [0.1, 0.15) is 0 Å². The first-order valence-electron chi connectivity index (χ1n) is 5.29. The van der Waals surface area contributed by atoms with Crippen LogP contribution in [-0.4, -0.2) is 10.1 Å². The van der Waals surface area contributed by atoms with Gasteiger partial charge in [0.15, 0.2) is 0 Å². The zero-order valence-electron chi connectivity index (χ0n) is 9.22. The molecule has 0 amide bonds. The highest BCUT2D eigenvalue weighted by Gasteiger charge is 2.12. The van der Waals surface area contributed by atoms with E-state index in [0.29, 0.717) is 16.3 Å². The number of nitrogens with zero attached hydrogens (tertiary/aromatic N) is 1. The predicted molar refractivity (Wildman–Crippen MR) is 76.1 cm³/mol. The van der Waals surface area contributed by atoms with Crippen LogP contribution in [0.2, 0.25) is 5.02 Å². The maximum atomic E-state index is 9.95. The number of halogens is 1. The third kappa shape index (κ3) is 1.79. The Kier molecular flexibility index (Phi) is 2.61. The Hall–Kier alpha value is -1.78. The van der Waals surface area contributed by atoms with Crippen molar-refractivity contribution in [2.45, 2.75) is 0 Å². The van der Waals surface area contributed by atoms with Crippen LogP contribution < -0.4 is 5.73 Å². The van der Waals surface area contributed by atoms with Crippen LogP contribution in [0.25, 0.3) is 20.8 Å². The smallest absolute Gasteiger partial charge is 0.148 e. The van der Waals surface area contributed by atoms with Crippen molar-refractivity contribution in [2.24, 2.45) is 0 Å². The van der Waals surface area contributed by atoms with Gasteiger partial charge in [-0.3, -0.25) is 0 Å². The average Bonchev–Trinajstić information content (AvgIpc) is 2.75. The first kappa shape index (κ1) is 11.3. The van der Waals surface area contributed by atoms with E-state index in [4.69, 9.17) is 17.3 Å². The minimum absolute atomic E-state index is 0.0719. The molecule has 0 radical (unpaired) electrons. The summed E-state index contributed by atoms with van der Waals surface area (Å²) < 4.78 is 1.02. The van der Waals surface area contributed by atoms with Gasteiger partial charge in [-0.15, -0.1) is 11.3 Å². The van der Waals surface area contributed by atoms with E-state index in [0.717, 1.165) is 15.2 Å². The van der Waals surface area contributed by atoms with Crippen molar-refractivity contribution in [3.8, 4) is 16.3 Å². The van der Waals surface area contributed by atoms with Gasteiger partial charge >= 0.3 is 0 Å². The lowest BCUT2D eigenvalue weighted by Crippen LogP contribution is -1.87. The Bertz CT molecular complexity index is 739. The van der Waals surface area contributed by atoms with Crippen LogP contribution in [0.15, 0.2) is 36.4 Å². The van der Waals surface area contributed by atoms with Gasteiger partial charge in [0.2, 0.25) is 0 Å². The van der Waals surface area contributed by atoms with Crippen LogP contribution in [-0.2, 0) is 0 Å². The molecule has 1 heterocycles. The normalized spacial score (nSPS) is 10.9. The number of nitrogen functional groups attached to an aromatic ring is 1. The second-order valence-electron chi connectivity index (χ2n) is 3.87. The molecule has 3 N–H and O–H groups in total. The van der Waals surface area contributed by atoms with E-state index >= 15 is 0 Å². The summed E-state index contributed by atoms with van der Waals surface area (Å²) in [7, 11) is 0. The number of aromatic nitrogens is 1. The molecule has 5 heteroatoms. The quantitative estimate of drug-likeness (QED) is 0.523. The predicted octanol–water partition coefficient (Wildman–Crippen LogP) is 3.90. The molecule has 3 aromatic rings. The molecule has 0 bridgehead atoms. The van der Waals surface area contributed by atoms with E-state index in [1.165, 1.54) is 11.3 Å². The standard InChI is InChI=1S/C13H9ClN2OS/c14-7-4-5-11-10(6-7)16-13(18-11)8-2-1-3-9(15)12(8)17/h1-6,17H,15H2. The average molecular weight is 277 g/mol. The zero-order chi connectivity index (χ0) is 12.7. The van der Waals surface area contributed by atoms with Crippen molar-refractivity contribution in [1.82, 2.24) is 4.98 Å². The summed E-state index contributed by atoms with van der Waals surface area (Å²) in [6.07, 6.45) is 0. The summed E-state index contributed by atoms with van der Waals surface area (Å²) in [6, 6.07) is 10.8. The van der Waals surface area contributed by atoms with Gasteiger partial charge in [-0.1, -0.05) is 17.7 Å². The molecule has 0 saturated heterocycles. The maximum absolute atomic E-state index is 9.95. The fourth-order valence-electron chi connectivity index (χ4n) is 1.75. The molecule has 0 aliphatic carbocycles. The van der Waals surface area contributed by atoms with Gasteiger partial charge in [0.05, 0.1) is 21.5 Å². The number of fused-ring (bicyclic) bond motifs is 1. The minimum Gasteiger partial charge on any atom is -0.505 e. The molecule has 0 atom stereocenters. The lowest BCUT2D eigenvalue weighted by Gasteiger charge is -2.02. The molecule has 2 aromatic carbocycles. The molecular formula is C13H9ClN2OS. The number of aromatic hydroxyl groups is 1. The van der Waals surface area contributed by atoms with Crippen molar-refractivity contribution in [1.29, 1.82) is 0 Å². The van der Waals surface area contributed by atoms with Gasteiger partial charge < -0.3 is 10.8 Å². The molecule has 90 valence electrons. The van der Waals surface area contributed by atoms with Crippen molar-refractivity contribution in [3.63, 3.8) is 0 Å². The molecule has 0 aliphatic heterocycles. The van der Waals surface area contributed by atoms with Crippen molar-refractivity contribution < 1.29 is 5.11 Å². The Morgan fingerprint density at radius 3 is 2.89 bits per heavy atom. The summed E-state index contributed by atoms with van der Waals surface area (Å²) >= 11 is 7.42. The summed E-state index contributed by atoms with van der Waals surface area (Å²) in [5.74, 6) is 0.0719. The summed E-state index contributed by atoms with van der Waals surface area (Å²) in [6.45, 7) is 0. The monoisotopic (exact) mass is 276 g/mol. The van der Waals surface area contributed by atoms with Crippen LogP contribution in [0, 0.1) is 0 Å². The van der Waals surface area contributed by atoms with Gasteiger partial charge in [-0.05, 0) is 30.3 Å². The summed E-state index contributed by atoms with van der Waals surface area (Å²) in [5, 5.41) is 11.3. The Morgan fingerprint density at radius 2 is 2.06 bits per heavy atom. The molecule has 18 heavy (non-hydrogen) atoms. The number of para-hydroxylation sites is 1. The largest absolute Gasteiger partial charge is 0.505 e. The van der Waals surface area contributed by atoms with Gasteiger partial charge in [0.1, 0.15) is 10.8 Å². The van der Waals surface area contributed by atoms with Gasteiger partial charge in [-0.25, -0.2) is 4.98 Å². The Morgan fingerprint density at radius 1 is 1.22 bits per heavy atom. The van der Waals surface area contributed by atoms with E-state index in [2.05, 4.69) is 4.98 Å². The van der Waals surface area contributed by atoms with Crippen molar-refractivity contribution in [2.75, 3.05) is 5.73 Å². The Balaban J connectivity index is 2.22. The molecule has 3 nitrogen and oxygen atoms in total. The third-order valence-corrected chi connectivity index (χ3v) is 3.95. The van der Waals surface area contributed by atoms with E-state index in [9.17, 15) is 5.11 Å². The molecule has 0 fully saturated rings. The molecule has 0 saturated carbocycles. The van der Waals surface area contributed by atoms with Crippen LogP contribution in [0.4, 0.5) is 5.69 Å². The first-order valence-corrected chi connectivity index (χ1v) is 6.48. The van der Waals surface area contributed by atoms with E-state index in [1.807, 2.05) is 12.1 Å². The Labute approximate surface area is 112 Å². The van der Waals surface area contributed by atoms with Crippen molar-refractivity contribution >= 4 is 38.8 Å². The minimum atomic E-state index is 0.0719. The highest BCUT2D eigenvalue weighted by atomic mass is 35.5. The van der Waals surface area contributed by atoms with E-state index in [1.54, 1.807) is 24.3 Å². The number of hydrogen-bond donors (Lipinski definition) is 2. The first-order chi connectivity index (χ1) is 8.65. The highest BCUT2D eigenvalue weighted by Crippen LogP contribution is 2.38.